The van der Waals surface area contributed by atoms with E-state index < -0.39 is 0 Å². The fourth-order valence-corrected chi connectivity index (χ4v) is 2.72. The van der Waals surface area contributed by atoms with Gasteiger partial charge in [0.1, 0.15) is 0 Å². The number of carbonyl (C=O) groups is 1. The summed E-state index contributed by atoms with van der Waals surface area (Å²) >= 11 is 6.13. The van der Waals surface area contributed by atoms with E-state index in [0.29, 0.717) is 34.6 Å². The molecule has 0 aliphatic rings. The molecular formula is C20H20ClN3O2. The number of hydrogen-bond donors (Lipinski definition) is 1. The lowest BCUT2D eigenvalue weighted by molar-refractivity contribution is -0.116. The van der Waals surface area contributed by atoms with Crippen LogP contribution in [0.15, 0.2) is 53.1 Å². The second-order valence-corrected chi connectivity index (χ2v) is 6.72. The van der Waals surface area contributed by atoms with Gasteiger partial charge in [-0.1, -0.05) is 54.9 Å². The van der Waals surface area contributed by atoms with Gasteiger partial charge in [0.05, 0.1) is 5.02 Å². The van der Waals surface area contributed by atoms with Gasteiger partial charge in [0.2, 0.25) is 17.6 Å². The summed E-state index contributed by atoms with van der Waals surface area (Å²) in [5.41, 5.74) is 2.72. The van der Waals surface area contributed by atoms with Gasteiger partial charge in [-0.25, -0.2) is 0 Å². The highest BCUT2D eigenvalue weighted by Crippen LogP contribution is 2.25. The van der Waals surface area contributed by atoms with Gasteiger partial charge in [-0.05, 0) is 35.7 Å². The summed E-state index contributed by atoms with van der Waals surface area (Å²) in [5.74, 6) is 1.20. The number of rotatable bonds is 6. The van der Waals surface area contributed by atoms with Gasteiger partial charge in [0.15, 0.2) is 0 Å². The Bertz CT molecular complexity index is 888. The Morgan fingerprint density at radius 2 is 1.88 bits per heavy atom. The predicted octanol–water partition coefficient (Wildman–Crippen LogP) is 5.08. The maximum atomic E-state index is 12.1. The Hall–Kier alpha value is -2.66. The van der Waals surface area contributed by atoms with Crippen molar-refractivity contribution in [2.24, 2.45) is 0 Å². The first-order valence-electron chi connectivity index (χ1n) is 8.50. The monoisotopic (exact) mass is 369 g/mol. The first kappa shape index (κ1) is 18.1. The standard InChI is InChI=1S/C20H20ClN3O2/c1-13(2)14-7-9-15(10-8-14)22-18(25)11-12-19-23-20(24-26-19)16-5-3-4-6-17(16)21/h3-10,13H,11-12H2,1-2H3,(H,22,25). The van der Waals surface area contributed by atoms with Crippen LogP contribution in [0.2, 0.25) is 5.02 Å². The molecule has 6 heteroatoms. The number of aromatic nitrogens is 2. The number of aryl methyl sites for hydroxylation is 1. The third-order valence-electron chi connectivity index (χ3n) is 4.01. The Kier molecular flexibility index (Phi) is 5.68. The molecule has 0 bridgehead atoms. The van der Waals surface area contributed by atoms with Crippen LogP contribution in [-0.4, -0.2) is 16.0 Å². The van der Waals surface area contributed by atoms with Crippen LogP contribution in [0.5, 0.6) is 0 Å². The van der Waals surface area contributed by atoms with Gasteiger partial charge in [0, 0.05) is 24.1 Å². The van der Waals surface area contributed by atoms with E-state index in [1.54, 1.807) is 6.07 Å². The van der Waals surface area contributed by atoms with Gasteiger partial charge < -0.3 is 9.84 Å². The summed E-state index contributed by atoms with van der Waals surface area (Å²) in [7, 11) is 0. The summed E-state index contributed by atoms with van der Waals surface area (Å²) in [4.78, 5) is 16.4. The number of carbonyl (C=O) groups excluding carboxylic acids is 1. The van der Waals surface area contributed by atoms with E-state index in [1.165, 1.54) is 5.56 Å². The van der Waals surface area contributed by atoms with Crippen molar-refractivity contribution in [1.82, 2.24) is 10.1 Å². The van der Waals surface area contributed by atoms with Crippen LogP contribution in [0, 0.1) is 0 Å². The van der Waals surface area contributed by atoms with E-state index in [-0.39, 0.29) is 12.3 Å². The summed E-state index contributed by atoms with van der Waals surface area (Å²) < 4.78 is 5.22. The minimum absolute atomic E-state index is 0.0974. The van der Waals surface area contributed by atoms with Crippen LogP contribution < -0.4 is 5.32 Å². The van der Waals surface area contributed by atoms with Crippen molar-refractivity contribution in [2.45, 2.75) is 32.6 Å². The van der Waals surface area contributed by atoms with Crippen LogP contribution >= 0.6 is 11.6 Å². The Labute approximate surface area is 157 Å². The van der Waals surface area contributed by atoms with Crippen LogP contribution in [0.4, 0.5) is 5.69 Å². The van der Waals surface area contributed by atoms with E-state index in [2.05, 4.69) is 29.3 Å². The van der Waals surface area contributed by atoms with E-state index in [4.69, 9.17) is 16.1 Å². The van der Waals surface area contributed by atoms with Gasteiger partial charge in [0.25, 0.3) is 0 Å². The minimum Gasteiger partial charge on any atom is -0.339 e. The molecule has 3 aromatic rings. The number of halogens is 1. The molecule has 2 aromatic carbocycles. The van der Waals surface area contributed by atoms with E-state index in [9.17, 15) is 4.79 Å². The highest BCUT2D eigenvalue weighted by Gasteiger charge is 2.13. The molecule has 0 saturated carbocycles. The number of benzene rings is 2. The van der Waals surface area contributed by atoms with Gasteiger partial charge >= 0.3 is 0 Å². The molecule has 0 atom stereocenters. The smallest absolute Gasteiger partial charge is 0.227 e. The third kappa shape index (κ3) is 4.49. The molecule has 0 aliphatic carbocycles. The molecule has 0 saturated heterocycles. The average molecular weight is 370 g/mol. The lowest BCUT2D eigenvalue weighted by atomic mass is 10.0. The SMILES string of the molecule is CC(C)c1ccc(NC(=O)CCc2nc(-c3ccccc3Cl)no2)cc1. The van der Waals surface area contributed by atoms with Crippen molar-refractivity contribution in [1.29, 1.82) is 0 Å². The van der Waals surface area contributed by atoms with Crippen molar-refractivity contribution < 1.29 is 9.32 Å². The maximum absolute atomic E-state index is 12.1. The highest BCUT2D eigenvalue weighted by atomic mass is 35.5. The molecule has 0 unspecified atom stereocenters. The van der Waals surface area contributed by atoms with Crippen LogP contribution in [0.3, 0.4) is 0 Å². The molecule has 0 fully saturated rings. The van der Waals surface area contributed by atoms with Crippen molar-refractivity contribution in [3.8, 4) is 11.4 Å². The van der Waals surface area contributed by atoms with Gasteiger partial charge in [-0.2, -0.15) is 4.98 Å². The van der Waals surface area contributed by atoms with Gasteiger partial charge in [-0.3, -0.25) is 4.79 Å². The second kappa shape index (κ2) is 8.15. The number of amides is 1. The molecular weight excluding hydrogens is 350 g/mol. The fourth-order valence-electron chi connectivity index (χ4n) is 2.50. The summed E-state index contributed by atoms with van der Waals surface area (Å²) in [5, 5.41) is 7.37. The minimum atomic E-state index is -0.0974. The quantitative estimate of drug-likeness (QED) is 0.657. The van der Waals surface area contributed by atoms with E-state index in [1.807, 2.05) is 42.5 Å². The topological polar surface area (TPSA) is 68.0 Å². The lowest BCUT2D eigenvalue weighted by Gasteiger charge is -2.08. The molecule has 1 aromatic heterocycles. The predicted molar refractivity (Wildman–Crippen MR) is 102 cm³/mol. The molecule has 1 amide bonds. The maximum Gasteiger partial charge on any atom is 0.227 e. The first-order chi connectivity index (χ1) is 12.5. The average Bonchev–Trinajstić information content (AvgIpc) is 3.09. The lowest BCUT2D eigenvalue weighted by Crippen LogP contribution is -2.12. The number of hydrogen-bond acceptors (Lipinski definition) is 4. The second-order valence-electron chi connectivity index (χ2n) is 6.32. The number of nitrogens with one attached hydrogen (secondary N) is 1. The number of nitrogens with zero attached hydrogens (tertiary/aromatic N) is 2. The first-order valence-corrected chi connectivity index (χ1v) is 8.88. The zero-order valence-electron chi connectivity index (χ0n) is 14.7. The highest BCUT2D eigenvalue weighted by molar-refractivity contribution is 6.33. The number of anilines is 1. The Morgan fingerprint density at radius 1 is 1.15 bits per heavy atom. The molecule has 0 spiro atoms. The van der Waals surface area contributed by atoms with Crippen molar-refractivity contribution in [3.63, 3.8) is 0 Å². The van der Waals surface area contributed by atoms with Crippen molar-refractivity contribution in [3.05, 3.63) is 65.0 Å². The van der Waals surface area contributed by atoms with E-state index >= 15 is 0 Å². The zero-order valence-corrected chi connectivity index (χ0v) is 15.5. The van der Waals surface area contributed by atoms with Crippen LogP contribution in [0.1, 0.15) is 37.6 Å². The molecule has 0 aliphatic heterocycles. The summed E-state index contributed by atoms with van der Waals surface area (Å²) in [6.07, 6.45) is 0.628. The molecule has 26 heavy (non-hydrogen) atoms. The van der Waals surface area contributed by atoms with E-state index in [0.717, 1.165) is 5.69 Å². The zero-order chi connectivity index (χ0) is 18.5. The molecule has 3 rings (SSSR count). The van der Waals surface area contributed by atoms with Gasteiger partial charge in [-0.15, -0.1) is 0 Å². The molecule has 1 N–H and O–H groups in total. The molecule has 134 valence electrons. The Balaban J connectivity index is 1.56. The normalized spacial score (nSPS) is 10.9. The van der Waals surface area contributed by atoms with Crippen molar-refractivity contribution >= 4 is 23.2 Å². The Morgan fingerprint density at radius 3 is 2.58 bits per heavy atom. The third-order valence-corrected chi connectivity index (χ3v) is 4.34. The largest absolute Gasteiger partial charge is 0.339 e. The van der Waals surface area contributed by atoms with Crippen LogP contribution in [-0.2, 0) is 11.2 Å². The summed E-state index contributed by atoms with van der Waals surface area (Å²) in [6.45, 7) is 4.27. The fraction of sp³-hybridized carbons (Fsp3) is 0.250. The summed E-state index contributed by atoms with van der Waals surface area (Å²) in [6, 6.07) is 15.2. The molecule has 1 heterocycles. The van der Waals surface area contributed by atoms with Crippen molar-refractivity contribution in [2.75, 3.05) is 5.32 Å². The van der Waals surface area contributed by atoms with Crippen LogP contribution in [0.25, 0.3) is 11.4 Å². The molecule has 0 radical (unpaired) electrons. The molecule has 5 nitrogen and oxygen atoms in total.